The first-order chi connectivity index (χ1) is 13.8. The van der Waals surface area contributed by atoms with Gasteiger partial charge in [0.05, 0.1) is 4.90 Å². The molecule has 0 saturated heterocycles. The largest absolute Gasteiger partial charge is 0.419 e. The minimum Gasteiger partial charge on any atom is -0.410 e. The Labute approximate surface area is 166 Å². The molecular weight excluding hydrogens is 402 g/mol. The topological polar surface area (TPSA) is 75.7 Å². The highest BCUT2D eigenvalue weighted by Crippen LogP contribution is 2.22. The number of benzene rings is 3. The zero-order valence-corrected chi connectivity index (χ0v) is 16.0. The molecule has 0 radical (unpaired) electrons. The monoisotopic (exact) mass is 418 g/mol. The Hall–Kier alpha value is -3.46. The number of hydrogen-bond donors (Lipinski definition) is 1. The van der Waals surface area contributed by atoms with Crippen molar-refractivity contribution in [3.8, 4) is 5.75 Å². The quantitative estimate of drug-likeness (QED) is 0.666. The van der Waals surface area contributed by atoms with E-state index in [1.165, 1.54) is 29.2 Å². The van der Waals surface area contributed by atoms with E-state index in [9.17, 15) is 22.0 Å². The van der Waals surface area contributed by atoms with Gasteiger partial charge in [0.25, 0.3) is 10.0 Å². The van der Waals surface area contributed by atoms with Gasteiger partial charge >= 0.3 is 6.09 Å². The smallest absolute Gasteiger partial charge is 0.410 e. The van der Waals surface area contributed by atoms with E-state index < -0.39 is 32.6 Å². The van der Waals surface area contributed by atoms with Crippen molar-refractivity contribution in [3.05, 3.63) is 84.4 Å². The molecule has 0 aliphatic heterocycles. The van der Waals surface area contributed by atoms with E-state index >= 15 is 0 Å². The van der Waals surface area contributed by atoms with Crippen molar-refractivity contribution >= 4 is 27.5 Å². The van der Waals surface area contributed by atoms with Gasteiger partial charge in [-0.25, -0.2) is 22.0 Å². The van der Waals surface area contributed by atoms with Crippen LogP contribution in [-0.4, -0.2) is 21.6 Å². The fraction of sp³-hybridized carbons (Fsp3) is 0.0500. The number of carbonyl (C=O) groups excluding carboxylic acids is 1. The standard InChI is InChI=1S/C20H16F2N2O4S/c1-24(15-5-3-2-4-6-15)20(25)28-16-9-7-14(8-10-16)23-29(26,27)17-11-12-18(21)19(22)13-17/h2-13,23H,1H3. The second-order valence-corrected chi connectivity index (χ2v) is 7.65. The molecule has 29 heavy (non-hydrogen) atoms. The van der Waals surface area contributed by atoms with Gasteiger partial charge in [0.1, 0.15) is 5.75 Å². The van der Waals surface area contributed by atoms with Crippen LogP contribution in [0.15, 0.2) is 77.7 Å². The van der Waals surface area contributed by atoms with Gasteiger partial charge in [0.15, 0.2) is 11.6 Å². The Balaban J connectivity index is 1.68. The summed E-state index contributed by atoms with van der Waals surface area (Å²) in [5.74, 6) is -2.21. The minimum absolute atomic E-state index is 0.158. The molecular formula is C20H16F2N2O4S. The van der Waals surface area contributed by atoms with Crippen LogP contribution < -0.4 is 14.4 Å². The van der Waals surface area contributed by atoms with Crippen LogP contribution in [0, 0.1) is 11.6 Å². The average molecular weight is 418 g/mol. The lowest BCUT2D eigenvalue weighted by Crippen LogP contribution is -2.29. The van der Waals surface area contributed by atoms with Gasteiger partial charge in [-0.3, -0.25) is 9.62 Å². The van der Waals surface area contributed by atoms with Crippen molar-refractivity contribution in [2.75, 3.05) is 16.7 Å². The molecule has 0 atom stereocenters. The number of rotatable bonds is 5. The number of nitrogens with one attached hydrogen (secondary N) is 1. The number of halogens is 2. The first-order valence-electron chi connectivity index (χ1n) is 8.35. The number of para-hydroxylation sites is 1. The Morgan fingerprint density at radius 1 is 0.931 bits per heavy atom. The summed E-state index contributed by atoms with van der Waals surface area (Å²) in [6.07, 6.45) is -0.619. The van der Waals surface area contributed by atoms with Crippen molar-refractivity contribution in [1.82, 2.24) is 0 Å². The molecule has 0 spiro atoms. The molecule has 0 aliphatic carbocycles. The molecule has 3 aromatic rings. The predicted octanol–water partition coefficient (Wildman–Crippen LogP) is 4.40. The lowest BCUT2D eigenvalue weighted by Gasteiger charge is -2.17. The van der Waals surface area contributed by atoms with E-state index in [0.717, 1.165) is 12.1 Å². The summed E-state index contributed by atoms with van der Waals surface area (Å²) in [5.41, 5.74) is 0.805. The summed E-state index contributed by atoms with van der Waals surface area (Å²) in [7, 11) is -2.55. The number of carbonyl (C=O) groups is 1. The van der Waals surface area contributed by atoms with Crippen LogP contribution in [0.2, 0.25) is 0 Å². The molecule has 0 saturated carbocycles. The molecule has 0 bridgehead atoms. The zero-order valence-electron chi connectivity index (χ0n) is 15.2. The summed E-state index contributed by atoms with van der Waals surface area (Å²) in [5, 5.41) is 0. The molecule has 0 heterocycles. The lowest BCUT2D eigenvalue weighted by atomic mass is 10.3. The summed E-state index contributed by atoms with van der Waals surface area (Å²) < 4.78 is 58.3. The van der Waals surface area contributed by atoms with Crippen molar-refractivity contribution in [2.45, 2.75) is 4.90 Å². The normalized spacial score (nSPS) is 11.0. The molecule has 150 valence electrons. The highest BCUT2D eigenvalue weighted by Gasteiger charge is 2.17. The maximum absolute atomic E-state index is 13.3. The van der Waals surface area contributed by atoms with Gasteiger partial charge in [-0.15, -0.1) is 0 Å². The predicted molar refractivity (Wildman–Crippen MR) is 104 cm³/mol. The van der Waals surface area contributed by atoms with E-state index in [2.05, 4.69) is 4.72 Å². The summed E-state index contributed by atoms with van der Waals surface area (Å²) >= 11 is 0. The number of nitrogens with zero attached hydrogens (tertiary/aromatic N) is 1. The fourth-order valence-corrected chi connectivity index (χ4v) is 3.45. The van der Waals surface area contributed by atoms with E-state index in [0.29, 0.717) is 11.8 Å². The molecule has 3 aromatic carbocycles. The highest BCUT2D eigenvalue weighted by molar-refractivity contribution is 7.92. The summed E-state index contributed by atoms with van der Waals surface area (Å²) in [6, 6.07) is 16.7. The van der Waals surface area contributed by atoms with Gasteiger partial charge in [-0.05, 0) is 54.6 Å². The van der Waals surface area contributed by atoms with Crippen LogP contribution in [0.4, 0.5) is 25.0 Å². The minimum atomic E-state index is -4.11. The Morgan fingerprint density at radius 2 is 1.59 bits per heavy atom. The first-order valence-corrected chi connectivity index (χ1v) is 9.83. The fourth-order valence-electron chi connectivity index (χ4n) is 2.38. The van der Waals surface area contributed by atoms with Crippen LogP contribution in [0.25, 0.3) is 0 Å². The lowest BCUT2D eigenvalue weighted by molar-refractivity contribution is 0.209. The summed E-state index contributed by atoms with van der Waals surface area (Å²) in [6.45, 7) is 0. The summed E-state index contributed by atoms with van der Waals surface area (Å²) in [4.78, 5) is 13.1. The molecule has 3 rings (SSSR count). The number of anilines is 2. The van der Waals surface area contributed by atoms with Gasteiger partial charge in [-0.2, -0.15) is 0 Å². The third-order valence-corrected chi connectivity index (χ3v) is 5.31. The molecule has 0 unspecified atom stereocenters. The number of hydrogen-bond acceptors (Lipinski definition) is 4. The van der Waals surface area contributed by atoms with Crippen molar-refractivity contribution in [1.29, 1.82) is 0 Å². The van der Waals surface area contributed by atoms with Crippen LogP contribution in [0.5, 0.6) is 5.75 Å². The first kappa shape index (κ1) is 20.3. The highest BCUT2D eigenvalue weighted by atomic mass is 32.2. The van der Waals surface area contributed by atoms with E-state index in [1.807, 2.05) is 6.07 Å². The maximum Gasteiger partial charge on any atom is 0.419 e. The number of sulfonamides is 1. The third kappa shape index (κ3) is 4.88. The van der Waals surface area contributed by atoms with Crippen LogP contribution >= 0.6 is 0 Å². The van der Waals surface area contributed by atoms with Crippen molar-refractivity contribution in [2.24, 2.45) is 0 Å². The van der Waals surface area contributed by atoms with Gasteiger partial charge in [-0.1, -0.05) is 18.2 Å². The second kappa shape index (κ2) is 8.27. The molecule has 9 heteroatoms. The van der Waals surface area contributed by atoms with Crippen molar-refractivity contribution in [3.63, 3.8) is 0 Å². The van der Waals surface area contributed by atoms with E-state index in [1.54, 1.807) is 31.3 Å². The van der Waals surface area contributed by atoms with Crippen LogP contribution in [-0.2, 0) is 10.0 Å². The van der Waals surface area contributed by atoms with Gasteiger partial charge in [0, 0.05) is 18.4 Å². The zero-order chi connectivity index (χ0) is 21.0. The molecule has 0 aromatic heterocycles. The Morgan fingerprint density at radius 3 is 2.21 bits per heavy atom. The molecule has 0 aliphatic rings. The number of ether oxygens (including phenoxy) is 1. The van der Waals surface area contributed by atoms with Crippen LogP contribution in [0.1, 0.15) is 0 Å². The van der Waals surface area contributed by atoms with E-state index in [4.69, 9.17) is 4.74 Å². The third-order valence-electron chi connectivity index (χ3n) is 3.93. The number of amides is 1. The van der Waals surface area contributed by atoms with Gasteiger partial charge < -0.3 is 4.74 Å². The molecule has 1 amide bonds. The van der Waals surface area contributed by atoms with Crippen LogP contribution in [0.3, 0.4) is 0 Å². The van der Waals surface area contributed by atoms with E-state index in [-0.39, 0.29) is 11.4 Å². The average Bonchev–Trinajstić information content (AvgIpc) is 2.71. The SMILES string of the molecule is CN(C(=O)Oc1ccc(NS(=O)(=O)c2ccc(F)c(F)c2)cc1)c1ccccc1. The van der Waals surface area contributed by atoms with Gasteiger partial charge in [0.2, 0.25) is 0 Å². The molecule has 6 nitrogen and oxygen atoms in total. The van der Waals surface area contributed by atoms with Crippen molar-refractivity contribution < 1.29 is 26.7 Å². The molecule has 0 fully saturated rings. The maximum atomic E-state index is 13.3. The second-order valence-electron chi connectivity index (χ2n) is 5.97. The Bertz CT molecular complexity index is 1120. The molecule has 1 N–H and O–H groups in total. The Kier molecular flexibility index (Phi) is 5.79.